The van der Waals surface area contributed by atoms with Gasteiger partial charge in [-0.2, -0.15) is 0 Å². The second-order valence-electron chi connectivity index (χ2n) is 4.53. The van der Waals surface area contributed by atoms with Crippen LogP contribution in [0.1, 0.15) is 18.1 Å². The Kier molecular flexibility index (Phi) is 4.93. The Bertz CT molecular complexity index is 496. The molecule has 19 heavy (non-hydrogen) atoms. The van der Waals surface area contributed by atoms with Crippen LogP contribution in [-0.4, -0.2) is 18.6 Å². The monoisotopic (exact) mass is 255 g/mol. The van der Waals surface area contributed by atoms with Crippen LogP contribution in [0.15, 0.2) is 48.8 Å². The molecule has 0 bridgehead atoms. The normalized spacial score (nSPS) is 10.4. The first-order chi connectivity index (χ1) is 9.35. The van der Waals surface area contributed by atoms with Gasteiger partial charge in [-0.1, -0.05) is 30.3 Å². The minimum Gasteiger partial charge on any atom is -0.367 e. The van der Waals surface area contributed by atoms with E-state index in [2.05, 4.69) is 58.5 Å². The summed E-state index contributed by atoms with van der Waals surface area (Å²) in [5, 5.41) is 3.20. The Morgan fingerprint density at radius 1 is 1.16 bits per heavy atom. The predicted molar refractivity (Wildman–Crippen MR) is 80.2 cm³/mol. The molecular formula is C16H21N3. The largest absolute Gasteiger partial charge is 0.367 e. The molecule has 0 spiro atoms. The van der Waals surface area contributed by atoms with Gasteiger partial charge in [0.05, 0.1) is 0 Å². The number of hydrogen-bond acceptors (Lipinski definition) is 3. The maximum atomic E-state index is 4.22. The van der Waals surface area contributed by atoms with E-state index in [-0.39, 0.29) is 0 Å². The molecule has 0 aliphatic rings. The molecule has 3 nitrogen and oxygen atoms in total. The number of anilines is 1. The highest BCUT2D eigenvalue weighted by Crippen LogP contribution is 2.21. The number of aromatic nitrogens is 1. The Morgan fingerprint density at radius 2 is 1.95 bits per heavy atom. The highest BCUT2D eigenvalue weighted by molar-refractivity contribution is 5.52. The summed E-state index contributed by atoms with van der Waals surface area (Å²) >= 11 is 0. The molecule has 1 aromatic carbocycles. The van der Waals surface area contributed by atoms with Crippen molar-refractivity contribution in [3.05, 3.63) is 59.9 Å². The van der Waals surface area contributed by atoms with Gasteiger partial charge >= 0.3 is 0 Å². The number of pyridine rings is 1. The number of benzene rings is 1. The van der Waals surface area contributed by atoms with Crippen LogP contribution in [0.2, 0.25) is 0 Å². The zero-order chi connectivity index (χ0) is 13.5. The molecule has 0 fully saturated rings. The summed E-state index contributed by atoms with van der Waals surface area (Å²) in [7, 11) is 1.96. The number of nitrogens with zero attached hydrogens (tertiary/aromatic N) is 2. The maximum absolute atomic E-state index is 4.22. The summed E-state index contributed by atoms with van der Waals surface area (Å²) in [6.45, 7) is 4.94. The smallest absolute Gasteiger partial charge is 0.0445 e. The van der Waals surface area contributed by atoms with Crippen LogP contribution in [0.4, 0.5) is 5.69 Å². The highest BCUT2D eigenvalue weighted by atomic mass is 15.1. The van der Waals surface area contributed by atoms with Crippen LogP contribution in [0.25, 0.3) is 0 Å². The van der Waals surface area contributed by atoms with Crippen molar-refractivity contribution >= 4 is 5.69 Å². The molecule has 0 aliphatic carbocycles. The predicted octanol–water partition coefficient (Wildman–Crippen LogP) is 2.83. The third kappa shape index (κ3) is 3.55. The van der Waals surface area contributed by atoms with Gasteiger partial charge in [-0.05, 0) is 25.6 Å². The Morgan fingerprint density at radius 3 is 2.63 bits per heavy atom. The molecule has 0 atom stereocenters. The van der Waals surface area contributed by atoms with Gasteiger partial charge in [0.15, 0.2) is 0 Å². The lowest BCUT2D eigenvalue weighted by Crippen LogP contribution is -2.24. The van der Waals surface area contributed by atoms with E-state index in [0.717, 1.165) is 19.6 Å². The lowest BCUT2D eigenvalue weighted by molar-refractivity contribution is 0.780. The van der Waals surface area contributed by atoms with Gasteiger partial charge in [0.25, 0.3) is 0 Å². The van der Waals surface area contributed by atoms with E-state index in [9.17, 15) is 0 Å². The molecule has 1 heterocycles. The van der Waals surface area contributed by atoms with Gasteiger partial charge in [-0.3, -0.25) is 4.98 Å². The van der Waals surface area contributed by atoms with Gasteiger partial charge < -0.3 is 10.2 Å². The third-order valence-corrected chi connectivity index (χ3v) is 3.18. The van der Waals surface area contributed by atoms with E-state index in [4.69, 9.17) is 0 Å². The Labute approximate surface area is 115 Å². The average Bonchev–Trinajstić information content (AvgIpc) is 2.47. The minimum atomic E-state index is 0.842. The molecule has 0 unspecified atom stereocenters. The van der Waals surface area contributed by atoms with Crippen molar-refractivity contribution < 1.29 is 0 Å². The molecule has 3 heteroatoms. The summed E-state index contributed by atoms with van der Waals surface area (Å²) in [5.41, 5.74) is 3.83. The van der Waals surface area contributed by atoms with Crippen LogP contribution in [-0.2, 0) is 13.1 Å². The number of rotatable bonds is 6. The minimum absolute atomic E-state index is 0.842. The first-order valence-electron chi connectivity index (χ1n) is 6.71. The summed E-state index contributed by atoms with van der Waals surface area (Å²) in [6.07, 6.45) is 3.81. The number of hydrogen-bond donors (Lipinski definition) is 1. The lowest BCUT2D eigenvalue weighted by Gasteiger charge is -2.25. The van der Waals surface area contributed by atoms with Crippen LogP contribution in [0, 0.1) is 0 Å². The summed E-state index contributed by atoms with van der Waals surface area (Å²) in [4.78, 5) is 6.60. The van der Waals surface area contributed by atoms with Crippen LogP contribution in [0.5, 0.6) is 0 Å². The molecule has 0 saturated carbocycles. The molecule has 1 aromatic heterocycles. The first-order valence-corrected chi connectivity index (χ1v) is 6.71. The summed E-state index contributed by atoms with van der Waals surface area (Å²) in [5.74, 6) is 0. The topological polar surface area (TPSA) is 28.2 Å². The van der Waals surface area contributed by atoms with E-state index < -0.39 is 0 Å². The van der Waals surface area contributed by atoms with E-state index >= 15 is 0 Å². The van der Waals surface area contributed by atoms with Gasteiger partial charge in [0.2, 0.25) is 0 Å². The summed E-state index contributed by atoms with van der Waals surface area (Å²) in [6, 6.07) is 12.7. The van der Waals surface area contributed by atoms with Crippen molar-refractivity contribution in [3.63, 3.8) is 0 Å². The van der Waals surface area contributed by atoms with Crippen LogP contribution >= 0.6 is 0 Å². The fourth-order valence-corrected chi connectivity index (χ4v) is 2.23. The van der Waals surface area contributed by atoms with Crippen LogP contribution < -0.4 is 10.2 Å². The van der Waals surface area contributed by atoms with Gasteiger partial charge in [-0.25, -0.2) is 0 Å². The molecule has 2 rings (SSSR count). The van der Waals surface area contributed by atoms with Gasteiger partial charge in [0, 0.05) is 43.3 Å². The van der Waals surface area contributed by atoms with Crippen molar-refractivity contribution in [2.24, 2.45) is 0 Å². The standard InChI is InChI=1S/C16H21N3/c1-3-19(13-14-7-5-4-6-8-14)16-9-10-18-12-15(16)11-17-2/h4-10,12,17H,3,11,13H2,1-2H3. The molecule has 2 aromatic rings. The van der Waals surface area contributed by atoms with Crippen molar-refractivity contribution in [1.29, 1.82) is 0 Å². The molecular weight excluding hydrogens is 234 g/mol. The van der Waals surface area contributed by atoms with E-state index in [1.54, 1.807) is 0 Å². The maximum Gasteiger partial charge on any atom is 0.0445 e. The third-order valence-electron chi connectivity index (χ3n) is 3.18. The molecule has 0 saturated heterocycles. The first kappa shape index (κ1) is 13.6. The quantitative estimate of drug-likeness (QED) is 0.860. The van der Waals surface area contributed by atoms with E-state index in [0.29, 0.717) is 0 Å². The van der Waals surface area contributed by atoms with Crippen molar-refractivity contribution in [2.75, 3.05) is 18.5 Å². The van der Waals surface area contributed by atoms with Crippen molar-refractivity contribution in [1.82, 2.24) is 10.3 Å². The molecule has 1 N–H and O–H groups in total. The molecule has 0 aliphatic heterocycles. The molecule has 0 amide bonds. The number of nitrogens with one attached hydrogen (secondary N) is 1. The van der Waals surface area contributed by atoms with Gasteiger partial charge in [0.1, 0.15) is 0 Å². The lowest BCUT2D eigenvalue weighted by atomic mass is 10.1. The Hall–Kier alpha value is -1.87. The molecule has 0 radical (unpaired) electrons. The zero-order valence-electron chi connectivity index (χ0n) is 11.6. The zero-order valence-corrected chi connectivity index (χ0v) is 11.6. The highest BCUT2D eigenvalue weighted by Gasteiger charge is 2.09. The van der Waals surface area contributed by atoms with Crippen molar-refractivity contribution in [2.45, 2.75) is 20.0 Å². The summed E-state index contributed by atoms with van der Waals surface area (Å²) < 4.78 is 0. The Balaban J connectivity index is 2.22. The fraction of sp³-hybridized carbons (Fsp3) is 0.312. The van der Waals surface area contributed by atoms with Gasteiger partial charge in [-0.15, -0.1) is 0 Å². The second kappa shape index (κ2) is 6.90. The van der Waals surface area contributed by atoms with Crippen molar-refractivity contribution in [3.8, 4) is 0 Å². The van der Waals surface area contributed by atoms with E-state index in [1.165, 1.54) is 16.8 Å². The average molecular weight is 255 g/mol. The SMILES string of the molecule is CCN(Cc1ccccc1)c1ccncc1CNC. The fourth-order valence-electron chi connectivity index (χ4n) is 2.23. The van der Waals surface area contributed by atoms with E-state index in [1.807, 2.05) is 19.4 Å². The second-order valence-corrected chi connectivity index (χ2v) is 4.53. The van der Waals surface area contributed by atoms with Crippen LogP contribution in [0.3, 0.4) is 0 Å². The molecule has 100 valence electrons.